The van der Waals surface area contributed by atoms with E-state index in [9.17, 15) is 28.8 Å². The van der Waals surface area contributed by atoms with Crippen molar-refractivity contribution in [2.45, 2.75) is 45.6 Å². The molecule has 0 unspecified atom stereocenters. The third-order valence-corrected chi connectivity index (χ3v) is 7.30. The highest BCUT2D eigenvalue weighted by atomic mass is 16.6. The first-order valence-electron chi connectivity index (χ1n) is 14.7. The molecule has 0 bridgehead atoms. The Bertz CT molecular complexity index is 1410. The molecule has 0 saturated carbocycles. The van der Waals surface area contributed by atoms with E-state index < -0.39 is 42.4 Å². The highest BCUT2D eigenvalue weighted by Gasteiger charge is 2.32. The maximum absolute atomic E-state index is 13.6. The van der Waals surface area contributed by atoms with Gasteiger partial charge in [0.15, 0.2) is 6.61 Å². The Hall–Kier alpha value is -4.75. The molecule has 4 rings (SSSR count). The largest absolute Gasteiger partial charge is 0.483 e. The van der Waals surface area contributed by atoms with Crippen molar-refractivity contribution >= 4 is 46.6 Å². The van der Waals surface area contributed by atoms with Crippen LogP contribution in [0, 0.1) is 0 Å². The lowest BCUT2D eigenvalue weighted by Gasteiger charge is -2.36. The lowest BCUT2D eigenvalue weighted by Crippen LogP contribution is -2.56. The lowest BCUT2D eigenvalue weighted by molar-refractivity contribution is -0.144. The summed E-state index contributed by atoms with van der Waals surface area (Å²) in [5, 5.41) is 3.26. The number of nitrogens with one attached hydrogen (secondary N) is 1. The topological polar surface area (TPSA) is 165 Å². The summed E-state index contributed by atoms with van der Waals surface area (Å²) in [6, 6.07) is 7.19. The standard InChI is InChI=1S/C30H37N5O9/c1-3-42-27(38)12-11-22(29(40)33-14-16-34(17-15-33)30(41)43-4-2)32-28(39)23-18-24(20-8-5-6-9-21(20)31-23)44-19-26(37)35-13-7-10-25(35)36/h5-6,8-9,18,22H,3-4,7,10-17,19H2,1-2H3,(H,32,39)/t22-/m0/s1. The summed E-state index contributed by atoms with van der Waals surface area (Å²) >= 11 is 0. The molecule has 0 radical (unpaired) electrons. The molecule has 0 aliphatic carbocycles. The number of pyridine rings is 1. The van der Waals surface area contributed by atoms with Gasteiger partial charge in [-0.25, -0.2) is 9.78 Å². The second-order valence-corrected chi connectivity index (χ2v) is 10.2. The van der Waals surface area contributed by atoms with Gasteiger partial charge in [-0.05, 0) is 38.8 Å². The smallest absolute Gasteiger partial charge is 0.409 e. The molecule has 1 aromatic carbocycles. The van der Waals surface area contributed by atoms with Crippen LogP contribution in [0.25, 0.3) is 10.9 Å². The third kappa shape index (κ3) is 7.99. The van der Waals surface area contributed by atoms with Crippen molar-refractivity contribution in [3.63, 3.8) is 0 Å². The number of piperazine rings is 1. The van der Waals surface area contributed by atoms with Gasteiger partial charge in [-0.15, -0.1) is 0 Å². The number of ether oxygens (including phenoxy) is 3. The number of esters is 1. The second-order valence-electron chi connectivity index (χ2n) is 10.2. The van der Waals surface area contributed by atoms with E-state index >= 15 is 0 Å². The van der Waals surface area contributed by atoms with Crippen molar-refractivity contribution in [1.29, 1.82) is 0 Å². The molecule has 236 valence electrons. The van der Waals surface area contributed by atoms with Crippen LogP contribution in [0.3, 0.4) is 0 Å². The SMILES string of the molecule is CCOC(=O)CC[C@H](NC(=O)c1cc(OCC(=O)N2CCCC2=O)c2ccccc2n1)C(=O)N1CCN(C(=O)OCC)CC1. The molecule has 2 aliphatic heterocycles. The second kappa shape index (κ2) is 15.1. The Labute approximate surface area is 254 Å². The summed E-state index contributed by atoms with van der Waals surface area (Å²) in [4.78, 5) is 84.4. The number of aromatic nitrogens is 1. The summed E-state index contributed by atoms with van der Waals surface area (Å²) < 4.78 is 15.8. The van der Waals surface area contributed by atoms with Crippen molar-refractivity contribution < 1.29 is 43.0 Å². The average molecular weight is 612 g/mol. The number of fused-ring (bicyclic) bond motifs is 1. The molecule has 5 amide bonds. The number of rotatable bonds is 11. The van der Waals surface area contributed by atoms with Crippen LogP contribution in [0.5, 0.6) is 5.75 Å². The normalized spacial score (nSPS) is 15.6. The Morgan fingerprint density at radius 3 is 2.34 bits per heavy atom. The molecule has 3 heterocycles. The number of imide groups is 1. The average Bonchev–Trinajstić information content (AvgIpc) is 3.47. The first-order chi connectivity index (χ1) is 21.2. The number of para-hydroxylation sites is 1. The summed E-state index contributed by atoms with van der Waals surface area (Å²) in [6.07, 6.45) is 0.331. The van der Waals surface area contributed by atoms with Crippen molar-refractivity contribution in [2.24, 2.45) is 0 Å². The van der Waals surface area contributed by atoms with Gasteiger partial charge in [-0.2, -0.15) is 0 Å². The monoisotopic (exact) mass is 611 g/mol. The highest BCUT2D eigenvalue weighted by molar-refractivity contribution is 6.00. The van der Waals surface area contributed by atoms with E-state index in [1.807, 2.05) is 0 Å². The number of hydrogen-bond acceptors (Lipinski definition) is 10. The maximum atomic E-state index is 13.6. The van der Waals surface area contributed by atoms with Crippen molar-refractivity contribution in [3.8, 4) is 5.75 Å². The summed E-state index contributed by atoms with van der Waals surface area (Å²) in [5.74, 6) is -2.12. The minimum absolute atomic E-state index is 0.0171. The number of hydrogen-bond donors (Lipinski definition) is 1. The van der Waals surface area contributed by atoms with E-state index in [2.05, 4.69) is 10.3 Å². The Balaban J connectivity index is 1.50. The molecule has 2 saturated heterocycles. The van der Waals surface area contributed by atoms with E-state index in [0.717, 1.165) is 4.90 Å². The van der Waals surface area contributed by atoms with Gasteiger partial charge < -0.3 is 29.3 Å². The molecular formula is C30H37N5O9. The zero-order valence-electron chi connectivity index (χ0n) is 24.9. The van der Waals surface area contributed by atoms with Gasteiger partial charge in [0.2, 0.25) is 11.8 Å². The van der Waals surface area contributed by atoms with Crippen LogP contribution in [-0.2, 0) is 28.7 Å². The van der Waals surface area contributed by atoms with Gasteiger partial charge in [-0.3, -0.25) is 28.9 Å². The van der Waals surface area contributed by atoms with Crippen LogP contribution in [0.15, 0.2) is 30.3 Å². The van der Waals surface area contributed by atoms with Gasteiger partial charge in [0.1, 0.15) is 17.5 Å². The first-order valence-corrected chi connectivity index (χ1v) is 14.7. The van der Waals surface area contributed by atoms with E-state index in [-0.39, 0.29) is 69.6 Å². The number of benzene rings is 1. The Morgan fingerprint density at radius 1 is 0.955 bits per heavy atom. The Kier molecular flexibility index (Phi) is 11.1. The molecule has 44 heavy (non-hydrogen) atoms. The number of likely N-dealkylation sites (tertiary alicyclic amines) is 1. The van der Waals surface area contributed by atoms with E-state index in [0.29, 0.717) is 30.3 Å². The lowest BCUT2D eigenvalue weighted by atomic mass is 10.1. The number of carbonyl (C=O) groups is 6. The summed E-state index contributed by atoms with van der Waals surface area (Å²) in [5.41, 5.74) is 0.355. The van der Waals surface area contributed by atoms with Gasteiger partial charge in [0, 0.05) is 57.0 Å². The quantitative estimate of drug-likeness (QED) is 0.368. The molecular weight excluding hydrogens is 574 g/mol. The van der Waals surface area contributed by atoms with E-state index in [1.165, 1.54) is 15.9 Å². The highest BCUT2D eigenvalue weighted by Crippen LogP contribution is 2.26. The van der Waals surface area contributed by atoms with Crippen LogP contribution < -0.4 is 10.1 Å². The summed E-state index contributed by atoms with van der Waals surface area (Å²) in [6.45, 7) is 4.71. The molecule has 14 nitrogen and oxygen atoms in total. The molecule has 2 aliphatic rings. The fourth-order valence-electron chi connectivity index (χ4n) is 5.04. The maximum Gasteiger partial charge on any atom is 0.409 e. The minimum Gasteiger partial charge on any atom is -0.483 e. The van der Waals surface area contributed by atoms with E-state index in [1.54, 1.807) is 38.1 Å². The van der Waals surface area contributed by atoms with Crippen LogP contribution >= 0.6 is 0 Å². The minimum atomic E-state index is -1.08. The molecule has 1 atom stereocenters. The van der Waals surface area contributed by atoms with Gasteiger partial charge >= 0.3 is 12.1 Å². The van der Waals surface area contributed by atoms with Gasteiger partial charge in [-0.1, -0.05) is 12.1 Å². The zero-order valence-corrected chi connectivity index (χ0v) is 24.9. The van der Waals surface area contributed by atoms with Crippen LogP contribution in [0.4, 0.5) is 4.79 Å². The van der Waals surface area contributed by atoms with Crippen molar-refractivity contribution in [3.05, 3.63) is 36.0 Å². The predicted octanol–water partition coefficient (Wildman–Crippen LogP) is 1.51. The molecule has 1 N–H and O–H groups in total. The number of nitrogens with zero attached hydrogens (tertiary/aromatic N) is 4. The number of amides is 5. The fourth-order valence-corrected chi connectivity index (χ4v) is 5.04. The molecule has 1 aromatic heterocycles. The van der Waals surface area contributed by atoms with Crippen molar-refractivity contribution in [1.82, 2.24) is 25.0 Å². The molecule has 2 fully saturated rings. The van der Waals surface area contributed by atoms with Gasteiger partial charge in [0.25, 0.3) is 11.8 Å². The molecule has 0 spiro atoms. The van der Waals surface area contributed by atoms with Crippen LogP contribution in [-0.4, -0.2) is 114 Å². The first kappa shape index (κ1) is 32.2. The fraction of sp³-hybridized carbons (Fsp3) is 0.500. The third-order valence-electron chi connectivity index (χ3n) is 7.30. The van der Waals surface area contributed by atoms with Crippen LogP contribution in [0.1, 0.15) is 50.0 Å². The van der Waals surface area contributed by atoms with E-state index in [4.69, 9.17) is 14.2 Å². The van der Waals surface area contributed by atoms with Crippen LogP contribution in [0.2, 0.25) is 0 Å². The molecule has 14 heteroatoms. The van der Waals surface area contributed by atoms with Crippen molar-refractivity contribution in [2.75, 3.05) is 52.5 Å². The Morgan fingerprint density at radius 2 is 1.66 bits per heavy atom. The summed E-state index contributed by atoms with van der Waals surface area (Å²) in [7, 11) is 0. The number of carbonyl (C=O) groups excluding carboxylic acids is 6. The zero-order chi connectivity index (χ0) is 31.6. The van der Waals surface area contributed by atoms with Gasteiger partial charge in [0.05, 0.1) is 18.7 Å². The predicted molar refractivity (Wildman–Crippen MR) is 155 cm³/mol. The molecule has 2 aromatic rings.